The molecule has 35 heavy (non-hydrogen) atoms. The minimum atomic E-state index is -1.48. The van der Waals surface area contributed by atoms with Crippen molar-refractivity contribution in [2.45, 2.75) is 37.0 Å². The zero-order chi connectivity index (χ0) is 26.1. The summed E-state index contributed by atoms with van der Waals surface area (Å²) in [5.74, 6) is -5.11. The number of nitrogens with two attached hydrogens (primary N) is 2. The van der Waals surface area contributed by atoms with E-state index in [1.165, 1.54) is 0 Å². The molecule has 2 rings (SSSR count). The Labute approximate surface area is 205 Å². The molecular formula is C21H28N6O7S. The SMILES string of the molecule is NC(=O)CC(NC(=O)C(N)CO)C(=O)NC(CS)C(=O)NC(Cc1c[nH]c2ccccc12)C(=O)O. The molecule has 2 aromatic rings. The number of benzene rings is 1. The number of para-hydroxylation sites is 1. The maximum atomic E-state index is 12.8. The third-order valence-electron chi connectivity index (χ3n) is 5.10. The molecule has 0 saturated heterocycles. The molecule has 4 unspecified atom stereocenters. The van der Waals surface area contributed by atoms with Crippen molar-refractivity contribution in [3.63, 3.8) is 0 Å². The van der Waals surface area contributed by atoms with Gasteiger partial charge in [-0.1, -0.05) is 18.2 Å². The average molecular weight is 509 g/mol. The van der Waals surface area contributed by atoms with Gasteiger partial charge in [0, 0.05) is 29.3 Å². The lowest BCUT2D eigenvalue weighted by molar-refractivity contribution is -0.142. The van der Waals surface area contributed by atoms with Crippen molar-refractivity contribution in [2.75, 3.05) is 12.4 Å². The van der Waals surface area contributed by atoms with Gasteiger partial charge in [0.2, 0.25) is 23.6 Å². The summed E-state index contributed by atoms with van der Waals surface area (Å²) in [7, 11) is 0. The number of hydrogen-bond acceptors (Lipinski definition) is 8. The Hall–Kier alpha value is -3.62. The van der Waals surface area contributed by atoms with Crippen LogP contribution in [0.3, 0.4) is 0 Å². The Balaban J connectivity index is 2.10. The molecule has 190 valence electrons. The van der Waals surface area contributed by atoms with Gasteiger partial charge in [0.15, 0.2) is 0 Å². The lowest BCUT2D eigenvalue weighted by Gasteiger charge is -2.23. The molecule has 1 heterocycles. The third kappa shape index (κ3) is 7.70. The highest BCUT2D eigenvalue weighted by atomic mass is 32.1. The summed E-state index contributed by atoms with van der Waals surface area (Å²) in [4.78, 5) is 63.5. The monoisotopic (exact) mass is 508 g/mol. The number of fused-ring (bicyclic) bond motifs is 1. The van der Waals surface area contributed by atoms with Gasteiger partial charge in [-0.25, -0.2) is 4.79 Å². The van der Waals surface area contributed by atoms with Crippen LogP contribution in [-0.4, -0.2) is 81.3 Å². The van der Waals surface area contributed by atoms with Crippen LogP contribution >= 0.6 is 12.6 Å². The van der Waals surface area contributed by atoms with Crippen LogP contribution in [0.2, 0.25) is 0 Å². The molecule has 0 bridgehead atoms. The zero-order valence-corrected chi connectivity index (χ0v) is 19.5. The molecule has 1 aromatic heterocycles. The highest BCUT2D eigenvalue weighted by molar-refractivity contribution is 7.80. The summed E-state index contributed by atoms with van der Waals surface area (Å²) in [5.41, 5.74) is 12.0. The van der Waals surface area contributed by atoms with E-state index >= 15 is 0 Å². The van der Waals surface area contributed by atoms with Crippen molar-refractivity contribution in [3.05, 3.63) is 36.0 Å². The first-order chi connectivity index (χ1) is 16.6. The Kier molecular flexibility index (Phi) is 10.1. The van der Waals surface area contributed by atoms with E-state index in [2.05, 4.69) is 33.6 Å². The minimum Gasteiger partial charge on any atom is -0.480 e. The summed E-state index contributed by atoms with van der Waals surface area (Å²) in [6.07, 6.45) is 1.02. The number of carbonyl (C=O) groups excluding carboxylic acids is 4. The fourth-order valence-electron chi connectivity index (χ4n) is 3.23. The number of aliphatic carboxylic acids is 1. The second-order valence-electron chi connectivity index (χ2n) is 7.73. The predicted molar refractivity (Wildman–Crippen MR) is 128 cm³/mol. The number of rotatable bonds is 13. The molecule has 4 amide bonds. The molecule has 0 spiro atoms. The first-order valence-electron chi connectivity index (χ1n) is 10.5. The molecular weight excluding hydrogens is 480 g/mol. The van der Waals surface area contributed by atoms with E-state index in [1.54, 1.807) is 12.3 Å². The first-order valence-corrected chi connectivity index (χ1v) is 11.1. The van der Waals surface area contributed by atoms with E-state index in [4.69, 9.17) is 16.6 Å². The van der Waals surface area contributed by atoms with E-state index in [-0.39, 0.29) is 12.2 Å². The summed E-state index contributed by atoms with van der Waals surface area (Å²) in [6.45, 7) is -0.703. The summed E-state index contributed by atoms with van der Waals surface area (Å²) in [6, 6.07) is 1.83. The number of aliphatic hydroxyl groups is 1. The minimum absolute atomic E-state index is 0.0300. The van der Waals surface area contributed by atoms with Crippen molar-refractivity contribution >= 4 is 53.1 Å². The van der Waals surface area contributed by atoms with E-state index in [0.717, 1.165) is 10.9 Å². The van der Waals surface area contributed by atoms with Gasteiger partial charge in [0.05, 0.1) is 13.0 Å². The van der Waals surface area contributed by atoms with Crippen LogP contribution < -0.4 is 27.4 Å². The molecule has 13 nitrogen and oxygen atoms in total. The summed E-state index contributed by atoms with van der Waals surface area (Å²) in [5, 5.41) is 26.3. The van der Waals surface area contributed by atoms with E-state index in [9.17, 15) is 29.1 Å². The van der Waals surface area contributed by atoms with Crippen LogP contribution in [0.25, 0.3) is 10.9 Å². The summed E-state index contributed by atoms with van der Waals surface area (Å²) < 4.78 is 0. The molecule has 0 fully saturated rings. The molecule has 14 heteroatoms. The van der Waals surface area contributed by atoms with E-state index in [0.29, 0.717) is 5.56 Å². The number of aromatic nitrogens is 1. The zero-order valence-electron chi connectivity index (χ0n) is 18.6. The largest absolute Gasteiger partial charge is 0.480 e. The number of carboxylic acid groups (broad SMARTS) is 1. The van der Waals surface area contributed by atoms with Gasteiger partial charge < -0.3 is 42.6 Å². The van der Waals surface area contributed by atoms with Crippen LogP contribution in [0.15, 0.2) is 30.5 Å². The number of carbonyl (C=O) groups is 5. The number of hydrogen-bond donors (Lipinski definition) is 9. The maximum absolute atomic E-state index is 12.8. The van der Waals surface area contributed by atoms with Crippen LogP contribution in [0.1, 0.15) is 12.0 Å². The van der Waals surface area contributed by atoms with Crippen molar-refractivity contribution in [3.8, 4) is 0 Å². The Morgan fingerprint density at radius 3 is 2.17 bits per heavy atom. The van der Waals surface area contributed by atoms with Crippen LogP contribution in [0.5, 0.6) is 0 Å². The molecule has 0 aliphatic rings. The molecule has 0 radical (unpaired) electrons. The van der Waals surface area contributed by atoms with Gasteiger partial charge >= 0.3 is 5.97 Å². The molecule has 0 aliphatic carbocycles. The second-order valence-corrected chi connectivity index (χ2v) is 8.09. The fraction of sp³-hybridized carbons (Fsp3) is 0.381. The number of H-pyrrole nitrogens is 1. The number of primary amides is 1. The van der Waals surface area contributed by atoms with Crippen molar-refractivity contribution < 1.29 is 34.2 Å². The van der Waals surface area contributed by atoms with Gasteiger partial charge in [-0.05, 0) is 11.6 Å². The second kappa shape index (κ2) is 12.7. The molecule has 1 aromatic carbocycles. The number of amides is 4. The molecule has 10 N–H and O–H groups in total. The summed E-state index contributed by atoms with van der Waals surface area (Å²) >= 11 is 4.04. The first kappa shape index (κ1) is 27.6. The van der Waals surface area contributed by atoms with Gasteiger partial charge in [0.1, 0.15) is 24.2 Å². The number of aromatic amines is 1. The number of carboxylic acids is 1. The smallest absolute Gasteiger partial charge is 0.326 e. The van der Waals surface area contributed by atoms with Crippen LogP contribution in [-0.2, 0) is 30.4 Å². The predicted octanol–water partition coefficient (Wildman–Crippen LogP) is -2.63. The van der Waals surface area contributed by atoms with Crippen molar-refractivity contribution in [1.29, 1.82) is 0 Å². The Bertz CT molecular complexity index is 1090. The lowest BCUT2D eigenvalue weighted by atomic mass is 10.0. The fourth-order valence-corrected chi connectivity index (χ4v) is 3.49. The Morgan fingerprint density at radius 2 is 1.57 bits per heavy atom. The third-order valence-corrected chi connectivity index (χ3v) is 5.47. The lowest BCUT2D eigenvalue weighted by Crippen LogP contribution is -2.58. The number of aliphatic hydroxyl groups excluding tert-OH is 1. The number of nitrogens with one attached hydrogen (secondary N) is 4. The quantitative estimate of drug-likeness (QED) is 0.130. The van der Waals surface area contributed by atoms with Gasteiger partial charge in [-0.15, -0.1) is 0 Å². The normalized spacial score (nSPS) is 14.4. The maximum Gasteiger partial charge on any atom is 0.326 e. The number of thiol groups is 1. The van der Waals surface area contributed by atoms with Crippen molar-refractivity contribution in [1.82, 2.24) is 20.9 Å². The van der Waals surface area contributed by atoms with Gasteiger partial charge in [-0.3, -0.25) is 19.2 Å². The molecule has 4 atom stereocenters. The highest BCUT2D eigenvalue weighted by Gasteiger charge is 2.30. The Morgan fingerprint density at radius 1 is 0.971 bits per heavy atom. The van der Waals surface area contributed by atoms with E-state index in [1.807, 2.05) is 18.2 Å². The highest BCUT2D eigenvalue weighted by Crippen LogP contribution is 2.19. The van der Waals surface area contributed by atoms with Crippen LogP contribution in [0, 0.1) is 0 Å². The van der Waals surface area contributed by atoms with Gasteiger partial charge in [0.25, 0.3) is 0 Å². The van der Waals surface area contributed by atoms with Gasteiger partial charge in [-0.2, -0.15) is 12.6 Å². The average Bonchev–Trinajstić information content (AvgIpc) is 3.23. The molecule has 0 saturated carbocycles. The standard InChI is InChI=1S/C21H28N6O7S/c22-12(8-28)18(30)25-14(6-17(23)29)19(31)27-16(9-35)20(32)26-15(21(33)34)5-10-7-24-13-4-2-1-3-11(10)13/h1-4,7,12,14-16,24,28,35H,5-6,8-9,22H2,(H2,23,29)(H,25,30)(H,26,32)(H,27,31)(H,33,34). The van der Waals surface area contributed by atoms with E-state index < -0.39 is 66.8 Å². The van der Waals surface area contributed by atoms with Crippen molar-refractivity contribution in [2.24, 2.45) is 11.5 Å². The van der Waals surface area contributed by atoms with Crippen LogP contribution in [0.4, 0.5) is 0 Å². The molecule has 0 aliphatic heterocycles. The topological polar surface area (TPSA) is 230 Å².